The summed E-state index contributed by atoms with van der Waals surface area (Å²) in [6.07, 6.45) is 3.45. The van der Waals surface area contributed by atoms with Crippen LogP contribution in [0.1, 0.15) is 31.2 Å². The van der Waals surface area contributed by atoms with Crippen LogP contribution in [0.3, 0.4) is 0 Å². The van der Waals surface area contributed by atoms with Gasteiger partial charge in [0, 0.05) is 36.4 Å². The van der Waals surface area contributed by atoms with Gasteiger partial charge in [0.15, 0.2) is 0 Å². The van der Waals surface area contributed by atoms with Crippen LogP contribution in [0, 0.1) is 5.92 Å². The molecular weight excluding hydrogens is 445 g/mol. The van der Waals surface area contributed by atoms with Crippen LogP contribution in [0.25, 0.3) is 10.2 Å². The number of amides is 1. The van der Waals surface area contributed by atoms with E-state index in [9.17, 15) is 4.79 Å². The smallest absolute Gasteiger partial charge is 0.222 e. The van der Waals surface area contributed by atoms with E-state index in [4.69, 9.17) is 5.73 Å². The molecule has 1 fully saturated rings. The Morgan fingerprint density at radius 3 is 2.96 bits per heavy atom. The van der Waals surface area contributed by atoms with Crippen molar-refractivity contribution in [2.75, 3.05) is 13.1 Å². The zero-order valence-electron chi connectivity index (χ0n) is 14.1. The minimum absolute atomic E-state index is 0. The number of aromatic nitrogens is 1. The minimum Gasteiger partial charge on any atom is -0.342 e. The van der Waals surface area contributed by atoms with E-state index < -0.39 is 0 Å². The average molecular weight is 469 g/mol. The number of carbonyl (C=O) groups excluding carboxylic acids is 1. The number of nitrogens with zero attached hydrogens (tertiary/aromatic N) is 2. The van der Waals surface area contributed by atoms with Crippen LogP contribution in [0.2, 0.25) is 0 Å². The highest BCUT2D eigenvalue weighted by Gasteiger charge is 2.25. The Morgan fingerprint density at radius 1 is 1.48 bits per heavy atom. The van der Waals surface area contributed by atoms with Crippen LogP contribution < -0.4 is 5.73 Å². The number of thiazole rings is 1. The second-order valence-corrected chi connectivity index (χ2v) is 8.35. The summed E-state index contributed by atoms with van der Waals surface area (Å²) < 4.78 is 2.21. The first-order valence-electron chi connectivity index (χ1n) is 8.11. The molecule has 2 N–H and O–H groups in total. The van der Waals surface area contributed by atoms with Crippen LogP contribution >= 0.6 is 52.1 Å². The Morgan fingerprint density at radius 2 is 2.24 bits per heavy atom. The second-order valence-electron chi connectivity index (χ2n) is 6.32. The van der Waals surface area contributed by atoms with E-state index in [1.807, 2.05) is 24.0 Å². The molecule has 0 bridgehead atoms. The zero-order valence-corrected chi connectivity index (χ0v) is 18.1. The van der Waals surface area contributed by atoms with Gasteiger partial charge < -0.3 is 10.6 Å². The van der Waals surface area contributed by atoms with Gasteiger partial charge in [-0.2, -0.15) is 0 Å². The van der Waals surface area contributed by atoms with Gasteiger partial charge >= 0.3 is 0 Å². The van der Waals surface area contributed by atoms with Gasteiger partial charge in [0.05, 0.1) is 15.2 Å². The zero-order chi connectivity index (χ0) is 16.4. The molecule has 0 radical (unpaired) electrons. The average Bonchev–Trinajstić information content (AvgIpc) is 2.94. The fourth-order valence-corrected chi connectivity index (χ4v) is 4.39. The molecule has 1 amide bonds. The van der Waals surface area contributed by atoms with Crippen molar-refractivity contribution in [3.05, 3.63) is 27.7 Å². The van der Waals surface area contributed by atoms with Crippen molar-refractivity contribution in [1.82, 2.24) is 9.88 Å². The summed E-state index contributed by atoms with van der Waals surface area (Å²) >= 11 is 5.14. The SMILES string of the molecule is CC(N)C1CCCN(C(=O)CCc2nc3cc(Br)ccc3s2)C1.Cl.Cl. The number of hydrogen-bond acceptors (Lipinski definition) is 4. The Kier molecular flexibility index (Phi) is 9.12. The lowest BCUT2D eigenvalue weighted by molar-refractivity contribution is -0.133. The molecule has 1 aliphatic heterocycles. The lowest BCUT2D eigenvalue weighted by Gasteiger charge is -2.34. The summed E-state index contributed by atoms with van der Waals surface area (Å²) in [7, 11) is 0. The first-order valence-corrected chi connectivity index (χ1v) is 9.72. The van der Waals surface area contributed by atoms with Crippen molar-refractivity contribution < 1.29 is 4.79 Å². The highest BCUT2D eigenvalue weighted by molar-refractivity contribution is 9.10. The molecule has 2 unspecified atom stereocenters. The molecule has 0 saturated carbocycles. The van der Waals surface area contributed by atoms with Crippen molar-refractivity contribution in [2.45, 2.75) is 38.6 Å². The number of rotatable bonds is 4. The van der Waals surface area contributed by atoms with Gasteiger partial charge in [-0.25, -0.2) is 4.98 Å². The molecule has 3 rings (SSSR count). The van der Waals surface area contributed by atoms with E-state index >= 15 is 0 Å². The molecule has 1 aromatic heterocycles. The Labute approximate surface area is 173 Å². The molecule has 2 atom stereocenters. The number of likely N-dealkylation sites (tertiary alicyclic amines) is 1. The number of halogens is 3. The summed E-state index contributed by atoms with van der Waals surface area (Å²) in [4.78, 5) is 19.1. The quantitative estimate of drug-likeness (QED) is 0.722. The lowest BCUT2D eigenvalue weighted by atomic mass is 9.92. The van der Waals surface area contributed by atoms with Gasteiger partial charge in [0.25, 0.3) is 0 Å². The fraction of sp³-hybridized carbons (Fsp3) is 0.529. The molecule has 25 heavy (non-hydrogen) atoms. The highest BCUT2D eigenvalue weighted by atomic mass is 79.9. The second kappa shape index (κ2) is 10.1. The number of hydrogen-bond donors (Lipinski definition) is 1. The van der Waals surface area contributed by atoms with Gasteiger partial charge in [0.2, 0.25) is 5.91 Å². The molecule has 4 nitrogen and oxygen atoms in total. The van der Waals surface area contributed by atoms with Gasteiger partial charge in [-0.3, -0.25) is 4.79 Å². The van der Waals surface area contributed by atoms with Gasteiger partial charge in [-0.1, -0.05) is 15.9 Å². The van der Waals surface area contributed by atoms with Crippen LogP contribution in [0.5, 0.6) is 0 Å². The predicted molar refractivity (Wildman–Crippen MR) is 113 cm³/mol. The first-order chi connectivity index (χ1) is 11.0. The minimum atomic E-state index is 0. The van der Waals surface area contributed by atoms with E-state index in [0.29, 0.717) is 12.3 Å². The van der Waals surface area contributed by atoms with Gasteiger partial charge in [-0.05, 0) is 43.9 Å². The van der Waals surface area contributed by atoms with E-state index in [1.54, 1.807) is 11.3 Å². The van der Waals surface area contributed by atoms with Gasteiger partial charge in [0.1, 0.15) is 0 Å². The summed E-state index contributed by atoms with van der Waals surface area (Å²) in [5.74, 6) is 0.670. The number of benzene rings is 1. The maximum Gasteiger partial charge on any atom is 0.222 e. The third-order valence-electron chi connectivity index (χ3n) is 4.50. The number of fused-ring (bicyclic) bond motifs is 1. The van der Waals surface area contributed by atoms with Crippen molar-refractivity contribution >= 4 is 68.2 Å². The van der Waals surface area contributed by atoms with E-state index in [2.05, 4.69) is 27.0 Å². The van der Waals surface area contributed by atoms with Crippen LogP contribution in [-0.4, -0.2) is 34.9 Å². The largest absolute Gasteiger partial charge is 0.342 e. The van der Waals surface area contributed by atoms with E-state index in [-0.39, 0.29) is 36.8 Å². The molecule has 2 aromatic rings. The Hall–Kier alpha value is -0.400. The molecule has 8 heteroatoms. The van der Waals surface area contributed by atoms with Crippen LogP contribution in [-0.2, 0) is 11.2 Å². The summed E-state index contributed by atoms with van der Waals surface area (Å²) in [6.45, 7) is 3.72. The molecular formula is C17H24BrCl2N3OS. The van der Waals surface area contributed by atoms with Crippen molar-refractivity contribution in [3.63, 3.8) is 0 Å². The molecule has 0 spiro atoms. The summed E-state index contributed by atoms with van der Waals surface area (Å²) in [5, 5.41) is 1.03. The molecule has 0 aliphatic carbocycles. The Bertz CT molecular complexity index is 710. The maximum atomic E-state index is 12.5. The van der Waals surface area contributed by atoms with Crippen molar-refractivity contribution in [1.29, 1.82) is 0 Å². The molecule has 1 aliphatic rings. The number of piperidine rings is 1. The monoisotopic (exact) mass is 467 g/mol. The third kappa shape index (κ3) is 5.79. The van der Waals surface area contributed by atoms with E-state index in [0.717, 1.165) is 47.3 Å². The van der Waals surface area contributed by atoms with Crippen molar-refractivity contribution in [2.24, 2.45) is 11.7 Å². The molecule has 1 aromatic carbocycles. The lowest BCUT2D eigenvalue weighted by Crippen LogP contribution is -2.45. The standard InChI is InChI=1S/C17H22BrN3OS.2ClH/c1-11(19)12-3-2-8-21(10-12)17(22)7-6-16-20-14-9-13(18)4-5-15(14)23-16;;/h4-5,9,11-12H,2-3,6-8,10,19H2,1H3;2*1H. The first kappa shape index (κ1) is 22.6. The molecule has 2 heterocycles. The van der Waals surface area contributed by atoms with E-state index in [1.165, 1.54) is 4.70 Å². The number of carbonyl (C=O) groups is 1. The van der Waals surface area contributed by atoms with Gasteiger partial charge in [-0.15, -0.1) is 36.2 Å². The Balaban J connectivity index is 0.00000156. The predicted octanol–water partition coefficient (Wildman–Crippen LogP) is 4.42. The maximum absolute atomic E-state index is 12.5. The number of aryl methyl sites for hydroxylation is 1. The van der Waals surface area contributed by atoms with Crippen LogP contribution in [0.4, 0.5) is 0 Å². The molecule has 1 saturated heterocycles. The normalized spacial score (nSPS) is 18.4. The van der Waals surface area contributed by atoms with Crippen LogP contribution in [0.15, 0.2) is 22.7 Å². The summed E-state index contributed by atoms with van der Waals surface area (Å²) in [5.41, 5.74) is 7.00. The summed E-state index contributed by atoms with van der Waals surface area (Å²) in [6, 6.07) is 6.28. The topological polar surface area (TPSA) is 59.2 Å². The number of nitrogens with two attached hydrogens (primary N) is 1. The molecule has 140 valence electrons. The third-order valence-corrected chi connectivity index (χ3v) is 6.09. The fourth-order valence-electron chi connectivity index (χ4n) is 3.09. The highest BCUT2D eigenvalue weighted by Crippen LogP contribution is 2.26. The van der Waals surface area contributed by atoms with Crippen molar-refractivity contribution in [3.8, 4) is 0 Å².